The quantitative estimate of drug-likeness (QED) is 0.515. The van der Waals surface area contributed by atoms with Crippen molar-refractivity contribution in [2.24, 2.45) is 17.8 Å². The van der Waals surface area contributed by atoms with Gasteiger partial charge >= 0.3 is 5.97 Å². The molecule has 7 aliphatic rings. The van der Waals surface area contributed by atoms with Crippen molar-refractivity contribution in [1.29, 1.82) is 0 Å². The summed E-state index contributed by atoms with van der Waals surface area (Å²) in [5.41, 5.74) is -0.0718. The number of cyclic esters (lactones) is 1. The monoisotopic (exact) mass is 180 g/mol. The highest BCUT2D eigenvalue weighted by molar-refractivity contribution is 5.77. The van der Waals surface area contributed by atoms with Gasteiger partial charge in [-0.05, 0) is 18.8 Å². The predicted molar refractivity (Wildman–Crippen MR) is 42.9 cm³/mol. The molecule has 13 heavy (non-hydrogen) atoms. The third-order valence-electron chi connectivity index (χ3n) is 4.53. The van der Waals surface area contributed by atoms with E-state index in [1.54, 1.807) is 0 Å². The molecule has 3 nitrogen and oxygen atoms in total. The fraction of sp³-hybridized carbons (Fsp3) is 0.900. The third-order valence-corrected chi connectivity index (χ3v) is 4.53. The molecule has 1 spiro atoms. The molecule has 70 valence electrons. The molecule has 7 rings (SSSR count). The number of carbonyl (C=O) groups excluding carboxylic acids is 1. The van der Waals surface area contributed by atoms with E-state index in [0.717, 1.165) is 12.8 Å². The SMILES string of the molecule is O=C1OCC2C3CCC4(CC3O4)C12. The van der Waals surface area contributed by atoms with Crippen LogP contribution in [0.5, 0.6) is 0 Å². The van der Waals surface area contributed by atoms with Crippen LogP contribution in [0.1, 0.15) is 19.3 Å². The zero-order valence-corrected chi connectivity index (χ0v) is 7.36. The Kier molecular flexibility index (Phi) is 0.934. The Labute approximate surface area is 76.4 Å². The molecule has 0 aromatic carbocycles. The van der Waals surface area contributed by atoms with Gasteiger partial charge in [0.25, 0.3) is 0 Å². The maximum Gasteiger partial charge on any atom is 0.312 e. The molecule has 3 bridgehead atoms. The maximum atomic E-state index is 11.5. The first-order valence-electron chi connectivity index (χ1n) is 5.15. The van der Waals surface area contributed by atoms with E-state index in [1.807, 2.05) is 0 Å². The van der Waals surface area contributed by atoms with Crippen molar-refractivity contribution in [2.75, 3.05) is 6.61 Å². The van der Waals surface area contributed by atoms with Crippen LogP contribution in [0.2, 0.25) is 0 Å². The second-order valence-electron chi connectivity index (χ2n) is 4.90. The Balaban J connectivity index is 1.85. The van der Waals surface area contributed by atoms with E-state index in [0.29, 0.717) is 24.5 Å². The normalized spacial score (nSPS) is 61.4. The van der Waals surface area contributed by atoms with Gasteiger partial charge in [0.15, 0.2) is 0 Å². The lowest BCUT2D eigenvalue weighted by atomic mass is 9.52. The summed E-state index contributed by atoms with van der Waals surface area (Å²) in [7, 11) is 0. The van der Waals surface area contributed by atoms with Crippen molar-refractivity contribution >= 4 is 5.97 Å². The molecule has 3 saturated carbocycles. The zero-order valence-electron chi connectivity index (χ0n) is 7.36. The molecule has 7 fully saturated rings. The minimum absolute atomic E-state index is 0.00727. The summed E-state index contributed by atoms with van der Waals surface area (Å²) in [6.45, 7) is 0.662. The number of carbonyl (C=O) groups is 1. The predicted octanol–water partition coefficient (Wildman–Crippen LogP) is 0.727. The average Bonchev–Trinajstić information content (AvgIpc) is 2.50. The van der Waals surface area contributed by atoms with Crippen LogP contribution in [0.15, 0.2) is 0 Å². The summed E-state index contributed by atoms with van der Waals surface area (Å²) < 4.78 is 11.0. The highest BCUT2D eigenvalue weighted by atomic mass is 16.6. The Morgan fingerprint density at radius 1 is 1.38 bits per heavy atom. The van der Waals surface area contributed by atoms with E-state index in [2.05, 4.69) is 0 Å². The van der Waals surface area contributed by atoms with Crippen molar-refractivity contribution in [2.45, 2.75) is 31.0 Å². The van der Waals surface area contributed by atoms with Crippen LogP contribution >= 0.6 is 0 Å². The molecule has 4 aliphatic heterocycles. The van der Waals surface area contributed by atoms with Crippen LogP contribution in [-0.2, 0) is 14.3 Å². The Morgan fingerprint density at radius 2 is 2.23 bits per heavy atom. The van der Waals surface area contributed by atoms with Gasteiger partial charge in [-0.1, -0.05) is 0 Å². The molecule has 0 aromatic rings. The summed E-state index contributed by atoms with van der Waals surface area (Å²) in [5.74, 6) is 1.21. The van der Waals surface area contributed by atoms with E-state index in [1.165, 1.54) is 6.42 Å². The van der Waals surface area contributed by atoms with Gasteiger partial charge < -0.3 is 9.47 Å². The zero-order chi connectivity index (χ0) is 8.63. The first kappa shape index (κ1) is 6.82. The molecule has 0 amide bonds. The van der Waals surface area contributed by atoms with Gasteiger partial charge in [-0.25, -0.2) is 0 Å². The van der Waals surface area contributed by atoms with Gasteiger partial charge in [-0.2, -0.15) is 0 Å². The molecule has 3 heteroatoms. The second kappa shape index (κ2) is 1.78. The van der Waals surface area contributed by atoms with Crippen LogP contribution in [-0.4, -0.2) is 24.3 Å². The minimum Gasteiger partial charge on any atom is -0.465 e. The molecule has 5 atom stereocenters. The number of ether oxygens (including phenoxy) is 2. The van der Waals surface area contributed by atoms with Crippen LogP contribution in [0.4, 0.5) is 0 Å². The van der Waals surface area contributed by atoms with E-state index in [9.17, 15) is 4.79 Å². The van der Waals surface area contributed by atoms with Crippen molar-refractivity contribution in [3.8, 4) is 0 Å². The van der Waals surface area contributed by atoms with Crippen LogP contribution in [0, 0.1) is 17.8 Å². The van der Waals surface area contributed by atoms with Gasteiger partial charge in [0, 0.05) is 12.3 Å². The van der Waals surface area contributed by atoms with Crippen molar-refractivity contribution in [3.63, 3.8) is 0 Å². The van der Waals surface area contributed by atoms with Crippen LogP contribution in [0.25, 0.3) is 0 Å². The number of esters is 1. The number of hydrogen-bond donors (Lipinski definition) is 0. The molecular formula is C10H12O3. The lowest BCUT2D eigenvalue weighted by Gasteiger charge is -2.65. The highest BCUT2D eigenvalue weighted by Crippen LogP contribution is 2.63. The van der Waals surface area contributed by atoms with Crippen molar-refractivity contribution < 1.29 is 14.3 Å². The van der Waals surface area contributed by atoms with Gasteiger partial charge in [-0.15, -0.1) is 0 Å². The van der Waals surface area contributed by atoms with E-state index in [4.69, 9.17) is 9.47 Å². The van der Waals surface area contributed by atoms with Crippen molar-refractivity contribution in [1.82, 2.24) is 0 Å². The lowest BCUT2D eigenvalue weighted by Crippen LogP contribution is -2.70. The maximum absolute atomic E-state index is 11.5. The lowest BCUT2D eigenvalue weighted by molar-refractivity contribution is -0.327. The van der Waals surface area contributed by atoms with Crippen molar-refractivity contribution in [3.05, 3.63) is 0 Å². The average molecular weight is 180 g/mol. The third kappa shape index (κ3) is 0.565. The van der Waals surface area contributed by atoms with Crippen LogP contribution < -0.4 is 0 Å². The van der Waals surface area contributed by atoms with Gasteiger partial charge in [0.05, 0.1) is 24.2 Å². The smallest absolute Gasteiger partial charge is 0.312 e. The Morgan fingerprint density at radius 3 is 2.85 bits per heavy atom. The standard InChI is InChI=1S/C10H12O3/c11-9-8-6(4-12-9)5-1-2-10(8)3-7(5)13-10/h5-8H,1-4H2. The fourth-order valence-corrected chi connectivity index (χ4v) is 3.99. The van der Waals surface area contributed by atoms with Crippen LogP contribution in [0.3, 0.4) is 0 Å². The molecular weight excluding hydrogens is 168 g/mol. The topological polar surface area (TPSA) is 35.5 Å². The molecule has 4 heterocycles. The first-order chi connectivity index (χ1) is 6.30. The van der Waals surface area contributed by atoms with Gasteiger partial charge in [-0.3, -0.25) is 4.79 Å². The highest BCUT2D eigenvalue weighted by Gasteiger charge is 2.70. The minimum atomic E-state index is -0.0718. The van der Waals surface area contributed by atoms with E-state index < -0.39 is 0 Å². The fourth-order valence-electron chi connectivity index (χ4n) is 3.99. The molecule has 3 aliphatic carbocycles. The largest absolute Gasteiger partial charge is 0.465 e. The molecule has 4 saturated heterocycles. The Hall–Kier alpha value is -0.570. The Bertz CT molecular complexity index is 287. The van der Waals surface area contributed by atoms with Gasteiger partial charge in [0.2, 0.25) is 0 Å². The number of hydrogen-bond acceptors (Lipinski definition) is 3. The second-order valence-corrected chi connectivity index (χ2v) is 4.90. The van der Waals surface area contributed by atoms with Gasteiger partial charge in [0.1, 0.15) is 0 Å². The first-order valence-corrected chi connectivity index (χ1v) is 5.15. The molecule has 5 unspecified atom stereocenters. The summed E-state index contributed by atoms with van der Waals surface area (Å²) in [4.78, 5) is 11.5. The summed E-state index contributed by atoms with van der Waals surface area (Å²) in [6, 6.07) is 0. The summed E-state index contributed by atoms with van der Waals surface area (Å²) >= 11 is 0. The molecule has 0 N–H and O–H groups in total. The summed E-state index contributed by atoms with van der Waals surface area (Å²) in [6.07, 6.45) is 3.92. The summed E-state index contributed by atoms with van der Waals surface area (Å²) in [5, 5.41) is 0. The number of rotatable bonds is 0. The van der Waals surface area contributed by atoms with E-state index >= 15 is 0 Å². The molecule has 0 radical (unpaired) electrons. The van der Waals surface area contributed by atoms with E-state index in [-0.39, 0.29) is 17.5 Å². The molecule has 0 aromatic heterocycles.